The summed E-state index contributed by atoms with van der Waals surface area (Å²) >= 11 is 0. The van der Waals surface area contributed by atoms with Crippen LogP contribution >= 0.6 is 0 Å². The molecule has 1 aliphatic carbocycles. The number of nitrogens with zero attached hydrogens (tertiary/aromatic N) is 2. The summed E-state index contributed by atoms with van der Waals surface area (Å²) in [6, 6.07) is 14.0. The van der Waals surface area contributed by atoms with Gasteiger partial charge in [0.05, 0.1) is 6.26 Å². The van der Waals surface area contributed by atoms with Crippen molar-refractivity contribution in [2.45, 2.75) is 89.9 Å². The lowest BCUT2D eigenvalue weighted by Crippen LogP contribution is -2.67. The summed E-state index contributed by atoms with van der Waals surface area (Å²) in [6.07, 6.45) is 9.74. The number of piperidine rings is 1. The third kappa shape index (κ3) is 8.29. The van der Waals surface area contributed by atoms with Crippen LogP contribution in [0.25, 0.3) is 0 Å². The Morgan fingerprint density at radius 2 is 1.51 bits per heavy atom. The molecule has 3 aliphatic rings. The minimum atomic E-state index is -3.32. The molecule has 3 fully saturated rings. The number of ether oxygens (including phenoxy) is 1. The van der Waals surface area contributed by atoms with Gasteiger partial charge >= 0.3 is 0 Å². The summed E-state index contributed by atoms with van der Waals surface area (Å²) in [5, 5.41) is 3.15. The highest BCUT2D eigenvalue weighted by Crippen LogP contribution is 2.33. The number of benzene rings is 2. The Morgan fingerprint density at radius 1 is 0.907 bits per heavy atom. The standard InChI is InChI=1S/C33H46N4O5S/c1-23(2)37-31(32(38)34-30(33(37)39)21-24-7-5-4-6-8-24)26-17-19-36(20-18-26)22-25-9-13-28(14-10-25)42-29-15-11-27(12-16-29)35-43(3,40)41/h9-16,23-24,26,30-31,35H,4-8,17-22H2,1-3H3,(H,34,38)/t30-,31?/m0/s1. The molecule has 2 amide bonds. The van der Waals surface area contributed by atoms with Crippen LogP contribution in [0.5, 0.6) is 11.5 Å². The molecule has 2 saturated heterocycles. The lowest BCUT2D eigenvalue weighted by Gasteiger charge is -2.47. The van der Waals surface area contributed by atoms with Gasteiger partial charge in [-0.05, 0) is 100.0 Å². The fourth-order valence-electron chi connectivity index (χ4n) is 6.98. The summed E-state index contributed by atoms with van der Waals surface area (Å²) < 4.78 is 31.2. The lowest BCUT2D eigenvalue weighted by atomic mass is 9.81. The summed E-state index contributed by atoms with van der Waals surface area (Å²) in [5.74, 6) is 2.16. The normalized spacial score (nSPS) is 22.9. The van der Waals surface area contributed by atoms with Crippen LogP contribution in [0, 0.1) is 11.8 Å². The zero-order chi connectivity index (χ0) is 30.6. The van der Waals surface area contributed by atoms with E-state index in [0.717, 1.165) is 45.2 Å². The monoisotopic (exact) mass is 610 g/mol. The fourth-order valence-corrected chi connectivity index (χ4v) is 7.55. The Morgan fingerprint density at radius 3 is 2.09 bits per heavy atom. The molecule has 0 spiro atoms. The first-order valence-corrected chi connectivity index (χ1v) is 17.6. The number of hydrogen-bond acceptors (Lipinski definition) is 6. The summed E-state index contributed by atoms with van der Waals surface area (Å²) in [5.41, 5.74) is 1.67. The molecule has 10 heteroatoms. The minimum absolute atomic E-state index is 0.00161. The molecule has 2 atom stereocenters. The van der Waals surface area contributed by atoms with Crippen LogP contribution in [0.15, 0.2) is 48.5 Å². The third-order valence-corrected chi connectivity index (χ3v) is 9.70. The van der Waals surface area contributed by atoms with E-state index < -0.39 is 10.0 Å². The molecule has 9 nitrogen and oxygen atoms in total. The van der Waals surface area contributed by atoms with E-state index in [0.29, 0.717) is 23.1 Å². The van der Waals surface area contributed by atoms with E-state index in [-0.39, 0.29) is 35.9 Å². The van der Waals surface area contributed by atoms with Gasteiger partial charge in [-0.25, -0.2) is 8.42 Å². The number of anilines is 1. The highest BCUT2D eigenvalue weighted by Gasteiger charge is 2.46. The third-order valence-electron chi connectivity index (χ3n) is 9.09. The zero-order valence-electron chi connectivity index (χ0n) is 25.6. The first kappa shape index (κ1) is 31.3. The zero-order valence-corrected chi connectivity index (χ0v) is 26.4. The van der Waals surface area contributed by atoms with Gasteiger partial charge in [-0.15, -0.1) is 0 Å². The first-order valence-electron chi connectivity index (χ1n) is 15.8. The molecule has 0 radical (unpaired) electrons. The molecule has 2 N–H and O–H groups in total. The number of carbonyl (C=O) groups excluding carboxylic acids is 2. The van der Waals surface area contributed by atoms with Gasteiger partial charge < -0.3 is 15.0 Å². The number of amides is 2. The van der Waals surface area contributed by atoms with Crippen molar-refractivity contribution >= 4 is 27.5 Å². The van der Waals surface area contributed by atoms with E-state index in [4.69, 9.17) is 4.74 Å². The number of carbonyl (C=O) groups is 2. The Kier molecular flexibility index (Phi) is 9.96. The van der Waals surface area contributed by atoms with Gasteiger partial charge in [-0.1, -0.05) is 44.2 Å². The predicted octanol–water partition coefficient (Wildman–Crippen LogP) is 5.14. The fraction of sp³-hybridized carbons (Fsp3) is 0.576. The minimum Gasteiger partial charge on any atom is -0.457 e. The molecule has 2 aromatic carbocycles. The number of rotatable bonds is 10. The quantitative estimate of drug-likeness (QED) is 0.386. The van der Waals surface area contributed by atoms with Crippen molar-refractivity contribution in [1.29, 1.82) is 0 Å². The Balaban J connectivity index is 1.12. The van der Waals surface area contributed by atoms with Crippen LogP contribution in [0.1, 0.15) is 70.8 Å². The van der Waals surface area contributed by atoms with Gasteiger partial charge in [0.15, 0.2) is 0 Å². The van der Waals surface area contributed by atoms with Gasteiger partial charge in [-0.3, -0.25) is 19.2 Å². The second-order valence-corrected chi connectivity index (χ2v) is 14.6. The molecule has 1 saturated carbocycles. The average Bonchev–Trinajstić information content (AvgIpc) is 2.97. The van der Waals surface area contributed by atoms with Crippen molar-refractivity contribution < 1.29 is 22.7 Å². The molecule has 5 rings (SSSR count). The molecule has 0 aromatic heterocycles. The average molecular weight is 611 g/mol. The van der Waals surface area contributed by atoms with Crippen LogP contribution in [0.2, 0.25) is 0 Å². The van der Waals surface area contributed by atoms with Gasteiger partial charge in [0.2, 0.25) is 21.8 Å². The number of sulfonamides is 1. The van der Waals surface area contributed by atoms with Crippen molar-refractivity contribution in [3.63, 3.8) is 0 Å². The summed E-state index contributed by atoms with van der Waals surface area (Å²) in [6.45, 7) is 6.65. The molecule has 2 heterocycles. The van der Waals surface area contributed by atoms with E-state index in [2.05, 4.69) is 27.1 Å². The van der Waals surface area contributed by atoms with Crippen molar-refractivity contribution in [3.05, 3.63) is 54.1 Å². The van der Waals surface area contributed by atoms with Gasteiger partial charge in [0.25, 0.3) is 0 Å². The molecule has 1 unspecified atom stereocenters. The van der Waals surface area contributed by atoms with Gasteiger partial charge in [0, 0.05) is 18.3 Å². The molecular weight excluding hydrogens is 564 g/mol. The second kappa shape index (κ2) is 13.7. The van der Waals surface area contributed by atoms with Crippen LogP contribution in [0.4, 0.5) is 5.69 Å². The molecule has 234 valence electrons. The van der Waals surface area contributed by atoms with Crippen molar-refractivity contribution in [2.75, 3.05) is 24.1 Å². The summed E-state index contributed by atoms with van der Waals surface area (Å²) in [4.78, 5) is 31.4. The molecule has 43 heavy (non-hydrogen) atoms. The van der Waals surface area contributed by atoms with Crippen molar-refractivity contribution in [1.82, 2.24) is 15.1 Å². The van der Waals surface area contributed by atoms with Crippen molar-refractivity contribution in [3.8, 4) is 11.5 Å². The maximum Gasteiger partial charge on any atom is 0.246 e. The van der Waals surface area contributed by atoms with Crippen LogP contribution in [0.3, 0.4) is 0 Å². The topological polar surface area (TPSA) is 108 Å². The lowest BCUT2D eigenvalue weighted by molar-refractivity contribution is -0.155. The maximum atomic E-state index is 13.6. The van der Waals surface area contributed by atoms with Crippen LogP contribution in [-0.4, -0.2) is 67.5 Å². The number of likely N-dealkylation sites (tertiary alicyclic amines) is 1. The van der Waals surface area contributed by atoms with Crippen LogP contribution in [-0.2, 0) is 26.2 Å². The molecular formula is C33H46N4O5S. The van der Waals surface area contributed by atoms with Gasteiger partial charge in [0.1, 0.15) is 23.6 Å². The summed E-state index contributed by atoms with van der Waals surface area (Å²) in [7, 11) is -3.32. The SMILES string of the molecule is CC(C)N1C(=O)[C@H](CC2CCCCC2)NC(=O)C1C1CCN(Cc2ccc(Oc3ccc(NS(C)(=O)=O)cc3)cc2)CC1. The molecule has 2 aliphatic heterocycles. The van der Waals surface area contributed by atoms with E-state index in [9.17, 15) is 18.0 Å². The highest BCUT2D eigenvalue weighted by atomic mass is 32.2. The van der Waals surface area contributed by atoms with Crippen LogP contribution < -0.4 is 14.8 Å². The number of nitrogens with one attached hydrogen (secondary N) is 2. The smallest absolute Gasteiger partial charge is 0.246 e. The second-order valence-electron chi connectivity index (χ2n) is 12.8. The first-order chi connectivity index (χ1) is 20.6. The highest BCUT2D eigenvalue weighted by molar-refractivity contribution is 7.92. The van der Waals surface area contributed by atoms with E-state index in [1.807, 2.05) is 30.9 Å². The molecule has 2 aromatic rings. The largest absolute Gasteiger partial charge is 0.457 e. The number of piperazine rings is 1. The Hall–Kier alpha value is -3.11. The van der Waals surface area contributed by atoms with Crippen molar-refractivity contribution in [2.24, 2.45) is 11.8 Å². The Labute approximate surface area is 256 Å². The predicted molar refractivity (Wildman–Crippen MR) is 168 cm³/mol. The van der Waals surface area contributed by atoms with E-state index in [1.165, 1.54) is 37.7 Å². The van der Waals surface area contributed by atoms with E-state index >= 15 is 0 Å². The van der Waals surface area contributed by atoms with Gasteiger partial charge in [-0.2, -0.15) is 0 Å². The molecule has 0 bridgehead atoms. The Bertz CT molecular complexity index is 1350. The van der Waals surface area contributed by atoms with E-state index in [1.54, 1.807) is 24.3 Å². The number of hydrogen-bond donors (Lipinski definition) is 2. The maximum absolute atomic E-state index is 13.6.